The molecule has 1 amide bonds. The van der Waals surface area contributed by atoms with Crippen molar-refractivity contribution < 1.29 is 14.8 Å². The minimum atomic E-state index is -0.685. The Hall–Kier alpha value is -2.11. The molecule has 1 aliphatic carbocycles. The number of para-hydroxylation sites is 1. The maximum absolute atomic E-state index is 12.5. The maximum atomic E-state index is 12.5. The van der Waals surface area contributed by atoms with Crippen LogP contribution in [0.2, 0.25) is 0 Å². The Kier molecular flexibility index (Phi) is 3.92. The van der Waals surface area contributed by atoms with Crippen molar-refractivity contribution in [1.82, 2.24) is 4.90 Å². The number of phenolic OH excluding ortho intramolecular Hbond substituents is 1. The minimum Gasteiger partial charge on any atom is -0.502 e. The van der Waals surface area contributed by atoms with Crippen molar-refractivity contribution in [3.05, 3.63) is 33.9 Å². The van der Waals surface area contributed by atoms with Crippen LogP contribution in [0.3, 0.4) is 0 Å². The van der Waals surface area contributed by atoms with E-state index in [1.165, 1.54) is 18.2 Å². The zero-order valence-electron chi connectivity index (χ0n) is 11.6. The van der Waals surface area contributed by atoms with Crippen LogP contribution in [0.5, 0.6) is 5.75 Å². The smallest absolute Gasteiger partial charge is 0.311 e. The first-order chi connectivity index (χ1) is 9.41. The molecule has 1 aromatic carbocycles. The molecule has 1 saturated carbocycles. The third-order valence-electron chi connectivity index (χ3n) is 3.25. The highest BCUT2D eigenvalue weighted by atomic mass is 16.6. The monoisotopic (exact) mass is 278 g/mol. The first kappa shape index (κ1) is 14.3. The van der Waals surface area contributed by atoms with Gasteiger partial charge in [-0.05, 0) is 24.8 Å². The van der Waals surface area contributed by atoms with Crippen molar-refractivity contribution in [1.29, 1.82) is 0 Å². The van der Waals surface area contributed by atoms with Crippen LogP contribution >= 0.6 is 0 Å². The molecular formula is C14H18N2O4. The van der Waals surface area contributed by atoms with Gasteiger partial charge in [0.1, 0.15) is 0 Å². The predicted octanol–water partition coefficient (Wildman–Crippen LogP) is 2.56. The zero-order valence-corrected chi connectivity index (χ0v) is 11.6. The highest BCUT2D eigenvalue weighted by Gasteiger charge is 2.35. The molecule has 0 spiro atoms. The van der Waals surface area contributed by atoms with Gasteiger partial charge in [-0.25, -0.2) is 0 Å². The van der Waals surface area contributed by atoms with E-state index in [-0.39, 0.29) is 17.5 Å². The Morgan fingerprint density at radius 1 is 1.50 bits per heavy atom. The highest BCUT2D eigenvalue weighted by molar-refractivity contribution is 5.98. The molecule has 0 radical (unpaired) electrons. The summed E-state index contributed by atoms with van der Waals surface area (Å²) >= 11 is 0. The molecule has 0 aliphatic heterocycles. The fourth-order valence-corrected chi connectivity index (χ4v) is 2.18. The van der Waals surface area contributed by atoms with Crippen molar-refractivity contribution in [3.63, 3.8) is 0 Å². The standard InChI is InChI=1S/C14H18N2O4/c1-9(2)8-15(10-6-7-10)14(18)11-4-3-5-12(13(11)17)16(19)20/h3-5,9-10,17H,6-8H2,1-2H3. The number of hydrogen-bond acceptors (Lipinski definition) is 4. The molecule has 0 atom stereocenters. The van der Waals surface area contributed by atoms with Gasteiger partial charge in [-0.3, -0.25) is 14.9 Å². The van der Waals surface area contributed by atoms with Crippen LogP contribution in [0.15, 0.2) is 18.2 Å². The normalized spacial score (nSPS) is 14.3. The zero-order chi connectivity index (χ0) is 14.9. The molecule has 108 valence electrons. The van der Waals surface area contributed by atoms with Crippen molar-refractivity contribution in [2.75, 3.05) is 6.54 Å². The number of hydrogen-bond donors (Lipinski definition) is 1. The molecule has 6 nitrogen and oxygen atoms in total. The van der Waals surface area contributed by atoms with Crippen LogP contribution in [-0.2, 0) is 0 Å². The van der Waals surface area contributed by atoms with Crippen LogP contribution in [0, 0.1) is 16.0 Å². The van der Waals surface area contributed by atoms with Crippen LogP contribution in [-0.4, -0.2) is 33.4 Å². The lowest BCUT2D eigenvalue weighted by molar-refractivity contribution is -0.385. The first-order valence-corrected chi connectivity index (χ1v) is 6.69. The summed E-state index contributed by atoms with van der Waals surface area (Å²) in [6.45, 7) is 4.61. The molecule has 1 aliphatic rings. The molecule has 1 N–H and O–H groups in total. The van der Waals surface area contributed by atoms with E-state index in [1.807, 2.05) is 13.8 Å². The molecule has 20 heavy (non-hydrogen) atoms. The summed E-state index contributed by atoms with van der Waals surface area (Å²) in [7, 11) is 0. The van der Waals surface area contributed by atoms with E-state index >= 15 is 0 Å². The Balaban J connectivity index is 2.32. The van der Waals surface area contributed by atoms with E-state index in [2.05, 4.69) is 0 Å². The number of carbonyl (C=O) groups is 1. The van der Waals surface area contributed by atoms with Gasteiger partial charge in [0, 0.05) is 18.7 Å². The minimum absolute atomic E-state index is 0.00625. The van der Waals surface area contributed by atoms with Crippen molar-refractivity contribution in [3.8, 4) is 5.75 Å². The number of phenols is 1. The Morgan fingerprint density at radius 2 is 2.15 bits per heavy atom. The number of nitro groups is 1. The average Bonchev–Trinajstić information content (AvgIpc) is 3.19. The molecule has 0 aromatic heterocycles. The van der Waals surface area contributed by atoms with Crippen molar-refractivity contribution in [2.24, 2.45) is 5.92 Å². The third-order valence-corrected chi connectivity index (χ3v) is 3.25. The molecule has 2 rings (SSSR count). The summed E-state index contributed by atoms with van der Waals surface area (Å²) in [5.41, 5.74) is -0.428. The number of benzene rings is 1. The van der Waals surface area contributed by atoms with Crippen LogP contribution in [0.25, 0.3) is 0 Å². The van der Waals surface area contributed by atoms with Gasteiger partial charge in [0.25, 0.3) is 5.91 Å². The van der Waals surface area contributed by atoms with E-state index in [4.69, 9.17) is 0 Å². The Bertz CT molecular complexity index is 538. The van der Waals surface area contributed by atoms with Crippen molar-refractivity contribution >= 4 is 11.6 Å². The fraction of sp³-hybridized carbons (Fsp3) is 0.500. The number of rotatable bonds is 5. The van der Waals surface area contributed by atoms with Gasteiger partial charge in [0.2, 0.25) is 5.75 Å². The highest BCUT2D eigenvalue weighted by Crippen LogP contribution is 2.34. The molecule has 0 bridgehead atoms. The van der Waals surface area contributed by atoms with E-state index in [0.29, 0.717) is 12.5 Å². The number of nitrogens with zero attached hydrogens (tertiary/aromatic N) is 2. The van der Waals surface area contributed by atoms with Gasteiger partial charge in [-0.2, -0.15) is 0 Å². The third kappa shape index (κ3) is 2.89. The lowest BCUT2D eigenvalue weighted by Crippen LogP contribution is -2.36. The van der Waals surface area contributed by atoms with E-state index in [1.54, 1.807) is 4.90 Å². The molecule has 0 heterocycles. The van der Waals surface area contributed by atoms with E-state index in [0.717, 1.165) is 12.8 Å². The fourth-order valence-electron chi connectivity index (χ4n) is 2.18. The summed E-state index contributed by atoms with van der Waals surface area (Å²) < 4.78 is 0. The van der Waals surface area contributed by atoms with Crippen molar-refractivity contribution in [2.45, 2.75) is 32.7 Å². The van der Waals surface area contributed by atoms with E-state index < -0.39 is 16.4 Å². The Morgan fingerprint density at radius 3 is 2.65 bits per heavy atom. The summed E-state index contributed by atoms with van der Waals surface area (Å²) in [5, 5.41) is 20.7. The van der Waals surface area contributed by atoms with Crippen LogP contribution in [0.1, 0.15) is 37.0 Å². The summed E-state index contributed by atoms with van der Waals surface area (Å²) in [5.74, 6) is -0.570. The second kappa shape index (κ2) is 5.48. The van der Waals surface area contributed by atoms with Gasteiger partial charge in [-0.1, -0.05) is 19.9 Å². The quantitative estimate of drug-likeness (QED) is 0.662. The molecule has 0 saturated heterocycles. The molecule has 6 heteroatoms. The second-order valence-corrected chi connectivity index (χ2v) is 5.51. The summed E-state index contributed by atoms with van der Waals surface area (Å²) in [4.78, 5) is 24.3. The first-order valence-electron chi connectivity index (χ1n) is 6.69. The van der Waals surface area contributed by atoms with Gasteiger partial charge >= 0.3 is 5.69 Å². The topological polar surface area (TPSA) is 83.7 Å². The number of nitro benzene ring substituents is 1. The number of carbonyl (C=O) groups excluding carboxylic acids is 1. The summed E-state index contributed by atoms with van der Waals surface area (Å²) in [6, 6.07) is 4.24. The predicted molar refractivity (Wildman–Crippen MR) is 73.7 cm³/mol. The SMILES string of the molecule is CC(C)CN(C(=O)c1cccc([N+](=O)[O-])c1O)C1CC1. The van der Waals surface area contributed by atoms with Gasteiger partial charge < -0.3 is 10.0 Å². The van der Waals surface area contributed by atoms with Gasteiger partial charge in [0.05, 0.1) is 10.5 Å². The largest absolute Gasteiger partial charge is 0.502 e. The summed E-state index contributed by atoms with van der Waals surface area (Å²) in [6.07, 6.45) is 1.91. The van der Waals surface area contributed by atoms with E-state index in [9.17, 15) is 20.0 Å². The number of aromatic hydroxyl groups is 1. The van der Waals surface area contributed by atoms with Gasteiger partial charge in [0.15, 0.2) is 0 Å². The van der Waals surface area contributed by atoms with Crippen LogP contribution < -0.4 is 0 Å². The lowest BCUT2D eigenvalue weighted by atomic mass is 10.1. The number of amides is 1. The second-order valence-electron chi connectivity index (χ2n) is 5.51. The average molecular weight is 278 g/mol. The molecule has 1 aromatic rings. The lowest BCUT2D eigenvalue weighted by Gasteiger charge is -2.24. The maximum Gasteiger partial charge on any atom is 0.311 e. The van der Waals surface area contributed by atoms with Gasteiger partial charge in [-0.15, -0.1) is 0 Å². The molecular weight excluding hydrogens is 260 g/mol. The molecule has 0 unspecified atom stereocenters. The van der Waals surface area contributed by atoms with Crippen LogP contribution in [0.4, 0.5) is 5.69 Å². The Labute approximate surface area is 117 Å². The molecule has 1 fully saturated rings.